The molecule has 0 saturated heterocycles. The Morgan fingerprint density at radius 3 is 2.74 bits per heavy atom. The van der Waals surface area contributed by atoms with Crippen molar-refractivity contribution in [2.75, 3.05) is 12.4 Å². The van der Waals surface area contributed by atoms with Crippen LogP contribution in [0, 0.1) is 0 Å². The zero-order chi connectivity index (χ0) is 14.1. The van der Waals surface area contributed by atoms with Gasteiger partial charge in [-0.1, -0.05) is 54.1 Å². The highest BCUT2D eigenvalue weighted by Gasteiger charge is 1.99. The third kappa shape index (κ3) is 5.80. The summed E-state index contributed by atoms with van der Waals surface area (Å²) in [5.41, 5.74) is 3.68. The molecule has 0 amide bonds. The summed E-state index contributed by atoms with van der Waals surface area (Å²) in [6, 6.07) is 8.41. The maximum Gasteiger partial charge on any atom is 0.0370 e. The molecule has 0 heterocycles. The maximum atomic E-state index is 5.90. The van der Waals surface area contributed by atoms with Crippen LogP contribution in [-0.4, -0.2) is 7.05 Å². The zero-order valence-electron chi connectivity index (χ0n) is 11.7. The second kappa shape index (κ2) is 8.60. The standard InChI is InChI=1S/C17H22ClN/c1-4-16(18)13-12-14(2)8-7-10-15-9-5-6-11-17(15)19-3/h4-6,9,11-13,19H,2,7-8,10H2,1,3H3. The van der Waals surface area contributed by atoms with E-state index >= 15 is 0 Å². The van der Waals surface area contributed by atoms with E-state index < -0.39 is 0 Å². The predicted molar refractivity (Wildman–Crippen MR) is 86.8 cm³/mol. The Kier molecular flexibility index (Phi) is 7.06. The van der Waals surface area contributed by atoms with Crippen LogP contribution >= 0.6 is 11.6 Å². The molecule has 0 aromatic heterocycles. The van der Waals surface area contributed by atoms with E-state index in [0.29, 0.717) is 0 Å². The second-order valence-corrected chi connectivity index (χ2v) is 4.86. The van der Waals surface area contributed by atoms with Gasteiger partial charge in [0.05, 0.1) is 0 Å². The number of hydrogen-bond acceptors (Lipinski definition) is 1. The van der Waals surface area contributed by atoms with Gasteiger partial charge >= 0.3 is 0 Å². The number of rotatable bonds is 7. The Morgan fingerprint density at radius 2 is 2.05 bits per heavy atom. The largest absolute Gasteiger partial charge is 0.388 e. The van der Waals surface area contributed by atoms with Gasteiger partial charge in [0.1, 0.15) is 0 Å². The molecule has 1 aromatic carbocycles. The summed E-state index contributed by atoms with van der Waals surface area (Å²) in [6.07, 6.45) is 8.89. The highest BCUT2D eigenvalue weighted by molar-refractivity contribution is 6.31. The normalized spacial score (nSPS) is 11.8. The molecule has 0 bridgehead atoms. The highest BCUT2D eigenvalue weighted by Crippen LogP contribution is 2.18. The van der Waals surface area contributed by atoms with Crippen LogP contribution in [-0.2, 0) is 6.42 Å². The van der Waals surface area contributed by atoms with Gasteiger partial charge in [-0.25, -0.2) is 0 Å². The summed E-state index contributed by atoms with van der Waals surface area (Å²) >= 11 is 5.90. The summed E-state index contributed by atoms with van der Waals surface area (Å²) < 4.78 is 0. The Bertz CT molecular complexity index is 472. The van der Waals surface area contributed by atoms with Crippen LogP contribution in [0.15, 0.2) is 59.7 Å². The molecule has 102 valence electrons. The number of para-hydroxylation sites is 1. The van der Waals surface area contributed by atoms with Gasteiger partial charge < -0.3 is 5.32 Å². The van der Waals surface area contributed by atoms with Crippen molar-refractivity contribution in [2.45, 2.75) is 26.2 Å². The first-order valence-electron chi connectivity index (χ1n) is 6.60. The lowest BCUT2D eigenvalue weighted by Crippen LogP contribution is -1.95. The van der Waals surface area contributed by atoms with Crippen molar-refractivity contribution in [3.63, 3.8) is 0 Å². The van der Waals surface area contributed by atoms with E-state index in [-0.39, 0.29) is 0 Å². The third-order valence-corrected chi connectivity index (χ3v) is 3.33. The van der Waals surface area contributed by atoms with Gasteiger partial charge in [-0.05, 0) is 43.9 Å². The second-order valence-electron chi connectivity index (χ2n) is 4.43. The summed E-state index contributed by atoms with van der Waals surface area (Å²) in [5, 5.41) is 3.97. The van der Waals surface area contributed by atoms with Gasteiger partial charge in [-0.3, -0.25) is 0 Å². The van der Waals surface area contributed by atoms with E-state index in [9.17, 15) is 0 Å². The minimum absolute atomic E-state index is 0.752. The molecular weight excluding hydrogens is 254 g/mol. The van der Waals surface area contributed by atoms with Gasteiger partial charge in [-0.2, -0.15) is 0 Å². The van der Waals surface area contributed by atoms with E-state index in [1.807, 2.05) is 32.2 Å². The first-order valence-corrected chi connectivity index (χ1v) is 6.98. The van der Waals surface area contributed by atoms with Crippen LogP contribution in [0.25, 0.3) is 0 Å². The van der Waals surface area contributed by atoms with Crippen LogP contribution in [0.1, 0.15) is 25.3 Å². The van der Waals surface area contributed by atoms with Gasteiger partial charge in [0.25, 0.3) is 0 Å². The molecule has 0 fully saturated rings. The predicted octanol–water partition coefficient (Wildman–Crippen LogP) is 5.31. The van der Waals surface area contributed by atoms with Crippen molar-refractivity contribution >= 4 is 17.3 Å². The third-order valence-electron chi connectivity index (χ3n) is 2.98. The first kappa shape index (κ1) is 15.6. The molecule has 0 unspecified atom stereocenters. The molecule has 0 aliphatic carbocycles. The van der Waals surface area contributed by atoms with Gasteiger partial charge in [0.15, 0.2) is 0 Å². The van der Waals surface area contributed by atoms with Crippen molar-refractivity contribution in [1.29, 1.82) is 0 Å². The molecular formula is C17H22ClN. The monoisotopic (exact) mass is 275 g/mol. The quantitative estimate of drug-likeness (QED) is 0.665. The van der Waals surface area contributed by atoms with Crippen LogP contribution in [0.4, 0.5) is 5.69 Å². The van der Waals surface area contributed by atoms with Gasteiger partial charge in [0, 0.05) is 17.8 Å². The summed E-state index contributed by atoms with van der Waals surface area (Å²) in [5.74, 6) is 0. The number of anilines is 1. The van der Waals surface area contributed by atoms with Crippen LogP contribution < -0.4 is 5.32 Å². The molecule has 1 nitrogen and oxygen atoms in total. The minimum Gasteiger partial charge on any atom is -0.388 e. The van der Waals surface area contributed by atoms with E-state index in [1.165, 1.54) is 11.3 Å². The molecule has 1 N–H and O–H groups in total. The molecule has 19 heavy (non-hydrogen) atoms. The number of aryl methyl sites for hydroxylation is 1. The Labute approximate surface area is 121 Å². The molecule has 0 radical (unpaired) electrons. The van der Waals surface area contributed by atoms with Crippen LogP contribution in [0.5, 0.6) is 0 Å². The zero-order valence-corrected chi connectivity index (χ0v) is 12.5. The average molecular weight is 276 g/mol. The molecule has 0 aliphatic rings. The fourth-order valence-corrected chi connectivity index (χ4v) is 1.93. The number of nitrogens with one attached hydrogen (secondary N) is 1. The minimum atomic E-state index is 0.752. The van der Waals surface area contributed by atoms with Crippen molar-refractivity contribution in [2.24, 2.45) is 0 Å². The maximum absolute atomic E-state index is 5.90. The molecule has 2 heteroatoms. The van der Waals surface area contributed by atoms with Crippen LogP contribution in [0.2, 0.25) is 0 Å². The lowest BCUT2D eigenvalue weighted by Gasteiger charge is -2.08. The average Bonchev–Trinajstić information content (AvgIpc) is 2.45. The smallest absolute Gasteiger partial charge is 0.0370 e. The Morgan fingerprint density at radius 1 is 1.32 bits per heavy atom. The molecule has 0 atom stereocenters. The van der Waals surface area contributed by atoms with Crippen molar-refractivity contribution in [1.82, 2.24) is 0 Å². The lowest BCUT2D eigenvalue weighted by atomic mass is 10.0. The highest BCUT2D eigenvalue weighted by atomic mass is 35.5. The fourth-order valence-electron chi connectivity index (χ4n) is 1.87. The number of hydrogen-bond donors (Lipinski definition) is 1. The molecule has 0 aliphatic heterocycles. The van der Waals surface area contributed by atoms with Gasteiger partial charge in [0.2, 0.25) is 0 Å². The summed E-state index contributed by atoms with van der Waals surface area (Å²) in [7, 11) is 1.96. The molecule has 0 spiro atoms. The van der Waals surface area contributed by atoms with Gasteiger partial charge in [-0.15, -0.1) is 0 Å². The van der Waals surface area contributed by atoms with Crippen molar-refractivity contribution in [3.8, 4) is 0 Å². The SMILES string of the molecule is C=C(C=CC(Cl)=CC)CCCc1ccccc1NC. The van der Waals surface area contributed by atoms with Crippen LogP contribution in [0.3, 0.4) is 0 Å². The summed E-state index contributed by atoms with van der Waals surface area (Å²) in [6.45, 7) is 5.97. The number of benzene rings is 1. The number of allylic oxidation sites excluding steroid dienone is 5. The Hall–Kier alpha value is -1.47. The van der Waals surface area contributed by atoms with Crippen molar-refractivity contribution < 1.29 is 0 Å². The number of halogens is 1. The molecule has 0 saturated carbocycles. The molecule has 1 aromatic rings. The van der Waals surface area contributed by atoms with E-state index in [4.69, 9.17) is 11.6 Å². The van der Waals surface area contributed by atoms with E-state index in [0.717, 1.165) is 29.9 Å². The van der Waals surface area contributed by atoms with Crippen molar-refractivity contribution in [3.05, 3.63) is 65.2 Å². The Balaban J connectivity index is 2.42. The first-order chi connectivity index (χ1) is 9.17. The topological polar surface area (TPSA) is 12.0 Å². The fraction of sp³-hybridized carbons (Fsp3) is 0.294. The summed E-state index contributed by atoms with van der Waals surface area (Å²) in [4.78, 5) is 0. The van der Waals surface area contributed by atoms with E-state index in [2.05, 4.69) is 36.2 Å². The lowest BCUT2D eigenvalue weighted by molar-refractivity contribution is 0.826. The van der Waals surface area contributed by atoms with E-state index in [1.54, 1.807) is 0 Å². The molecule has 1 rings (SSSR count).